The first kappa shape index (κ1) is 22.2. The van der Waals surface area contributed by atoms with Crippen LogP contribution in [0.5, 0.6) is 5.75 Å². The van der Waals surface area contributed by atoms with Crippen LogP contribution in [0.4, 0.5) is 0 Å². The van der Waals surface area contributed by atoms with Gasteiger partial charge in [-0.3, -0.25) is 14.5 Å². The number of hydrogen-bond acceptors (Lipinski definition) is 6. The van der Waals surface area contributed by atoms with E-state index >= 15 is 0 Å². The molecule has 0 spiro atoms. The Morgan fingerprint density at radius 1 is 1.09 bits per heavy atom. The average Bonchev–Trinajstić information content (AvgIpc) is 3.07. The largest absolute Gasteiger partial charge is 0.497 e. The number of benzene rings is 2. The molecule has 1 aliphatic heterocycles. The van der Waals surface area contributed by atoms with Crippen molar-refractivity contribution in [1.82, 2.24) is 19.8 Å². The molecule has 1 saturated heterocycles. The highest BCUT2D eigenvalue weighted by molar-refractivity contribution is 6.01. The van der Waals surface area contributed by atoms with Crippen molar-refractivity contribution in [3.8, 4) is 5.75 Å². The number of aromatic amines is 1. The van der Waals surface area contributed by atoms with Gasteiger partial charge in [-0.1, -0.05) is 24.3 Å². The smallest absolute Gasteiger partial charge is 0.294 e. The quantitative estimate of drug-likeness (QED) is 0.475. The van der Waals surface area contributed by atoms with E-state index in [4.69, 9.17) is 14.1 Å². The van der Waals surface area contributed by atoms with Crippen molar-refractivity contribution in [3.05, 3.63) is 70.3 Å². The van der Waals surface area contributed by atoms with Gasteiger partial charge < -0.3 is 19.0 Å². The van der Waals surface area contributed by atoms with Crippen LogP contribution in [0, 0.1) is 0 Å². The third-order valence-electron chi connectivity index (χ3n) is 6.38. The topological polar surface area (TPSA) is 91.7 Å². The van der Waals surface area contributed by atoms with Crippen molar-refractivity contribution in [2.24, 2.45) is 0 Å². The zero-order valence-electron chi connectivity index (χ0n) is 19.3. The Labute approximate surface area is 197 Å². The van der Waals surface area contributed by atoms with Gasteiger partial charge in [0.15, 0.2) is 0 Å². The lowest BCUT2D eigenvalue weighted by Crippen LogP contribution is -2.35. The maximum atomic E-state index is 12.8. The lowest BCUT2D eigenvalue weighted by atomic mass is 10.1. The fraction of sp³-hybridized carbons (Fsp3) is 0.346. The standard InChI is InChI=1S/C26H28N4O4/c1-33-19-10-7-18(8-11-19)9-12-23(31)30-14-4-13-29(15-16-30)17-22-27-24-20-5-2-3-6-21(20)34-25(24)26(32)28-22/h2-3,5-8,10-11H,4,9,12-17H2,1H3,(H,27,28,32). The van der Waals surface area contributed by atoms with Gasteiger partial charge in [-0.05, 0) is 42.7 Å². The van der Waals surface area contributed by atoms with Gasteiger partial charge in [0.1, 0.15) is 22.7 Å². The minimum Gasteiger partial charge on any atom is -0.497 e. The first-order chi connectivity index (χ1) is 16.6. The highest BCUT2D eigenvalue weighted by atomic mass is 16.5. The van der Waals surface area contributed by atoms with Crippen LogP contribution in [0.3, 0.4) is 0 Å². The number of ether oxygens (including phenoxy) is 1. The summed E-state index contributed by atoms with van der Waals surface area (Å²) in [7, 11) is 1.65. The van der Waals surface area contributed by atoms with Crippen LogP contribution in [-0.4, -0.2) is 59.0 Å². The average molecular weight is 461 g/mol. The molecule has 2 aromatic heterocycles. The van der Waals surface area contributed by atoms with Crippen LogP contribution in [0.1, 0.15) is 24.2 Å². The Hall–Kier alpha value is -3.65. The molecule has 1 amide bonds. The fourth-order valence-electron chi connectivity index (χ4n) is 4.51. The van der Waals surface area contributed by atoms with Crippen LogP contribution in [0.15, 0.2) is 57.7 Å². The number of carbonyl (C=O) groups excluding carboxylic acids is 1. The predicted octanol–water partition coefficient (Wildman–Crippen LogP) is 3.35. The van der Waals surface area contributed by atoms with E-state index in [9.17, 15) is 9.59 Å². The molecule has 2 aromatic carbocycles. The highest BCUT2D eigenvalue weighted by Crippen LogP contribution is 2.24. The molecule has 176 valence electrons. The number of amides is 1. The molecule has 8 nitrogen and oxygen atoms in total. The van der Waals surface area contributed by atoms with E-state index in [2.05, 4.69) is 9.88 Å². The normalized spacial score (nSPS) is 15.0. The molecule has 8 heteroatoms. The van der Waals surface area contributed by atoms with Gasteiger partial charge >= 0.3 is 0 Å². The van der Waals surface area contributed by atoms with Crippen LogP contribution in [-0.2, 0) is 17.8 Å². The molecular weight excluding hydrogens is 432 g/mol. The van der Waals surface area contributed by atoms with Gasteiger partial charge in [0, 0.05) is 38.0 Å². The van der Waals surface area contributed by atoms with E-state index in [1.165, 1.54) is 0 Å². The van der Waals surface area contributed by atoms with Crippen molar-refractivity contribution in [2.45, 2.75) is 25.8 Å². The SMILES string of the molecule is COc1ccc(CCC(=O)N2CCCN(Cc3nc4c(oc5ccccc54)c(=O)[nH]3)CC2)cc1. The van der Waals surface area contributed by atoms with E-state index < -0.39 is 0 Å². The molecule has 0 atom stereocenters. The number of H-pyrrole nitrogens is 1. The minimum absolute atomic E-state index is 0.176. The maximum Gasteiger partial charge on any atom is 0.294 e. The Kier molecular flexibility index (Phi) is 6.31. The predicted molar refractivity (Wildman–Crippen MR) is 130 cm³/mol. The summed E-state index contributed by atoms with van der Waals surface area (Å²) in [5.41, 5.74) is 2.38. The Bertz CT molecular complexity index is 1360. The molecule has 0 bridgehead atoms. The van der Waals surface area contributed by atoms with Crippen molar-refractivity contribution < 1.29 is 13.9 Å². The van der Waals surface area contributed by atoms with Crippen molar-refractivity contribution in [2.75, 3.05) is 33.3 Å². The Morgan fingerprint density at radius 3 is 2.74 bits per heavy atom. The van der Waals surface area contributed by atoms with Gasteiger partial charge in [-0.25, -0.2) is 4.98 Å². The second-order valence-corrected chi connectivity index (χ2v) is 8.65. The monoisotopic (exact) mass is 460 g/mol. The third-order valence-corrected chi connectivity index (χ3v) is 6.38. The molecule has 1 N–H and O–H groups in total. The Balaban J connectivity index is 1.21. The summed E-state index contributed by atoms with van der Waals surface area (Å²) in [6.07, 6.45) is 2.09. The van der Waals surface area contributed by atoms with Crippen LogP contribution in [0.2, 0.25) is 0 Å². The summed E-state index contributed by atoms with van der Waals surface area (Å²) in [6, 6.07) is 15.4. The van der Waals surface area contributed by atoms with E-state index in [-0.39, 0.29) is 17.0 Å². The molecule has 1 fully saturated rings. The molecule has 0 saturated carbocycles. The first-order valence-electron chi connectivity index (χ1n) is 11.6. The summed E-state index contributed by atoms with van der Waals surface area (Å²) in [4.78, 5) is 37.1. The van der Waals surface area contributed by atoms with Gasteiger partial charge in [-0.2, -0.15) is 0 Å². The maximum absolute atomic E-state index is 12.8. The van der Waals surface area contributed by atoms with Crippen molar-refractivity contribution >= 4 is 28.0 Å². The van der Waals surface area contributed by atoms with Crippen molar-refractivity contribution in [1.29, 1.82) is 0 Å². The molecule has 4 aromatic rings. The number of carbonyl (C=O) groups is 1. The Morgan fingerprint density at radius 2 is 1.91 bits per heavy atom. The zero-order valence-corrected chi connectivity index (χ0v) is 19.3. The molecule has 1 aliphatic rings. The number of aryl methyl sites for hydroxylation is 1. The lowest BCUT2D eigenvalue weighted by Gasteiger charge is -2.22. The summed E-state index contributed by atoms with van der Waals surface area (Å²) in [6.45, 7) is 3.52. The number of furan rings is 1. The van der Waals surface area contributed by atoms with Gasteiger partial charge in [-0.15, -0.1) is 0 Å². The lowest BCUT2D eigenvalue weighted by molar-refractivity contribution is -0.131. The molecule has 34 heavy (non-hydrogen) atoms. The molecular formula is C26H28N4O4. The third kappa shape index (κ3) is 4.68. The van der Waals surface area contributed by atoms with E-state index in [1.54, 1.807) is 7.11 Å². The number of rotatable bonds is 6. The first-order valence-corrected chi connectivity index (χ1v) is 11.6. The highest BCUT2D eigenvalue weighted by Gasteiger charge is 2.20. The number of nitrogens with zero attached hydrogens (tertiary/aromatic N) is 3. The van der Waals surface area contributed by atoms with E-state index in [1.807, 2.05) is 53.4 Å². The number of methoxy groups -OCH3 is 1. The second-order valence-electron chi connectivity index (χ2n) is 8.65. The van der Waals surface area contributed by atoms with Crippen LogP contribution in [0.25, 0.3) is 22.1 Å². The molecule has 0 aliphatic carbocycles. The van der Waals surface area contributed by atoms with Crippen molar-refractivity contribution in [3.63, 3.8) is 0 Å². The second kappa shape index (κ2) is 9.69. The van der Waals surface area contributed by atoms with E-state index in [0.29, 0.717) is 42.9 Å². The minimum atomic E-state index is -0.263. The summed E-state index contributed by atoms with van der Waals surface area (Å²) < 4.78 is 10.9. The molecule has 3 heterocycles. The van der Waals surface area contributed by atoms with Gasteiger partial charge in [0.2, 0.25) is 11.5 Å². The summed E-state index contributed by atoms with van der Waals surface area (Å²) in [5, 5.41) is 0.842. The number of nitrogens with one attached hydrogen (secondary N) is 1. The van der Waals surface area contributed by atoms with Gasteiger partial charge in [0.05, 0.1) is 13.7 Å². The van der Waals surface area contributed by atoms with Crippen LogP contribution >= 0.6 is 0 Å². The van der Waals surface area contributed by atoms with Gasteiger partial charge in [0.25, 0.3) is 5.56 Å². The fourth-order valence-corrected chi connectivity index (χ4v) is 4.51. The molecule has 5 rings (SSSR count). The number of fused-ring (bicyclic) bond motifs is 3. The zero-order chi connectivity index (χ0) is 23.5. The molecule has 0 radical (unpaired) electrons. The summed E-state index contributed by atoms with van der Waals surface area (Å²) >= 11 is 0. The summed E-state index contributed by atoms with van der Waals surface area (Å²) in [5.74, 6) is 1.61. The number of aromatic nitrogens is 2. The molecule has 0 unspecified atom stereocenters. The van der Waals surface area contributed by atoms with Crippen LogP contribution < -0.4 is 10.3 Å². The number of hydrogen-bond donors (Lipinski definition) is 1. The number of para-hydroxylation sites is 1. The van der Waals surface area contributed by atoms with E-state index in [0.717, 1.165) is 42.8 Å².